The van der Waals surface area contributed by atoms with E-state index >= 15 is 0 Å². The number of carbonyl (C=O) groups is 2. The monoisotopic (exact) mass is 201 g/mol. The summed E-state index contributed by atoms with van der Waals surface area (Å²) >= 11 is 0. The van der Waals surface area contributed by atoms with Gasteiger partial charge in [0, 0.05) is 6.54 Å². The van der Waals surface area contributed by atoms with Crippen LogP contribution in [-0.2, 0) is 9.59 Å². The second-order valence-corrected chi connectivity index (χ2v) is 4.03. The lowest BCUT2D eigenvalue weighted by atomic mass is 9.91. The minimum Gasteiger partial charge on any atom is -0.480 e. The first-order valence-corrected chi connectivity index (χ1v) is 4.64. The molecule has 1 rings (SSSR count). The third-order valence-electron chi connectivity index (χ3n) is 2.39. The molecule has 0 saturated carbocycles. The minimum absolute atomic E-state index is 0.220. The van der Waals surface area contributed by atoms with E-state index in [0.29, 0.717) is 6.54 Å². The van der Waals surface area contributed by atoms with Crippen LogP contribution in [0.3, 0.4) is 0 Å². The number of carboxylic acids is 2. The molecule has 0 radical (unpaired) electrons. The number of carboxylic acid groups (broad SMARTS) is 2. The fourth-order valence-corrected chi connectivity index (χ4v) is 1.72. The molecule has 0 aromatic carbocycles. The zero-order valence-corrected chi connectivity index (χ0v) is 8.30. The molecule has 2 unspecified atom stereocenters. The summed E-state index contributed by atoms with van der Waals surface area (Å²) < 4.78 is 0. The minimum atomic E-state index is -0.928. The SMILES string of the molecule is CC(C)CN1C(C(=O)O)CC1C(=O)O. The maximum absolute atomic E-state index is 10.7. The van der Waals surface area contributed by atoms with Crippen molar-refractivity contribution in [1.82, 2.24) is 4.90 Å². The lowest BCUT2D eigenvalue weighted by molar-refractivity contribution is -0.163. The molecule has 0 amide bonds. The summed E-state index contributed by atoms with van der Waals surface area (Å²) in [5.74, 6) is -1.58. The van der Waals surface area contributed by atoms with E-state index in [4.69, 9.17) is 10.2 Å². The second-order valence-electron chi connectivity index (χ2n) is 4.03. The predicted molar refractivity (Wildman–Crippen MR) is 49.0 cm³/mol. The van der Waals surface area contributed by atoms with E-state index in [0.717, 1.165) is 0 Å². The maximum atomic E-state index is 10.7. The van der Waals surface area contributed by atoms with Crippen molar-refractivity contribution in [3.8, 4) is 0 Å². The molecule has 1 aliphatic heterocycles. The molecule has 0 bridgehead atoms. The summed E-state index contributed by atoms with van der Waals surface area (Å²) in [4.78, 5) is 23.0. The molecule has 1 saturated heterocycles. The normalized spacial score (nSPS) is 27.4. The number of nitrogens with zero attached hydrogens (tertiary/aromatic N) is 1. The van der Waals surface area contributed by atoms with E-state index in [9.17, 15) is 9.59 Å². The summed E-state index contributed by atoms with van der Waals surface area (Å²) in [5, 5.41) is 17.6. The standard InChI is InChI=1S/C9H15NO4/c1-5(2)4-10-6(8(11)12)3-7(10)9(13)14/h5-7H,3-4H2,1-2H3,(H,11,12)(H,13,14). The van der Waals surface area contributed by atoms with Gasteiger partial charge in [-0.05, 0) is 12.3 Å². The van der Waals surface area contributed by atoms with E-state index in [2.05, 4.69) is 0 Å². The van der Waals surface area contributed by atoms with Crippen LogP contribution >= 0.6 is 0 Å². The maximum Gasteiger partial charge on any atom is 0.321 e. The second kappa shape index (κ2) is 3.96. The third-order valence-corrected chi connectivity index (χ3v) is 2.39. The Morgan fingerprint density at radius 1 is 1.29 bits per heavy atom. The summed E-state index contributed by atoms with van der Waals surface area (Å²) in [6, 6.07) is -1.23. The van der Waals surface area contributed by atoms with Crippen molar-refractivity contribution in [2.24, 2.45) is 5.92 Å². The zero-order valence-electron chi connectivity index (χ0n) is 8.30. The molecule has 0 aliphatic carbocycles. The van der Waals surface area contributed by atoms with Crippen LogP contribution in [0.2, 0.25) is 0 Å². The van der Waals surface area contributed by atoms with Gasteiger partial charge in [-0.15, -0.1) is 0 Å². The Kier molecular flexibility index (Phi) is 3.10. The Morgan fingerprint density at radius 3 is 2.00 bits per heavy atom. The Bertz CT molecular complexity index is 231. The highest BCUT2D eigenvalue weighted by Crippen LogP contribution is 2.27. The van der Waals surface area contributed by atoms with Gasteiger partial charge in [-0.3, -0.25) is 14.5 Å². The number of likely N-dealkylation sites (tertiary alicyclic amines) is 1. The molecule has 1 aliphatic rings. The first-order valence-electron chi connectivity index (χ1n) is 4.64. The highest BCUT2D eigenvalue weighted by atomic mass is 16.4. The zero-order chi connectivity index (χ0) is 10.9. The molecular weight excluding hydrogens is 186 g/mol. The van der Waals surface area contributed by atoms with Crippen molar-refractivity contribution < 1.29 is 19.8 Å². The van der Waals surface area contributed by atoms with E-state index in [-0.39, 0.29) is 12.3 Å². The molecule has 0 aromatic rings. The van der Waals surface area contributed by atoms with Crippen LogP contribution in [-0.4, -0.2) is 45.7 Å². The van der Waals surface area contributed by atoms with Gasteiger partial charge in [-0.2, -0.15) is 0 Å². The van der Waals surface area contributed by atoms with Crippen molar-refractivity contribution >= 4 is 11.9 Å². The van der Waals surface area contributed by atoms with Crippen molar-refractivity contribution in [2.75, 3.05) is 6.54 Å². The number of rotatable bonds is 4. The summed E-state index contributed by atoms with van der Waals surface area (Å²) in [7, 11) is 0. The van der Waals surface area contributed by atoms with Gasteiger partial charge in [0.15, 0.2) is 0 Å². The van der Waals surface area contributed by atoms with Gasteiger partial charge in [-0.1, -0.05) is 13.8 Å². The van der Waals surface area contributed by atoms with Gasteiger partial charge in [0.2, 0.25) is 0 Å². The van der Waals surface area contributed by atoms with Crippen LogP contribution in [0.5, 0.6) is 0 Å². The Balaban J connectivity index is 2.61. The van der Waals surface area contributed by atoms with Crippen LogP contribution in [0.15, 0.2) is 0 Å². The van der Waals surface area contributed by atoms with E-state index in [1.807, 2.05) is 13.8 Å². The van der Waals surface area contributed by atoms with Crippen LogP contribution in [0, 0.1) is 5.92 Å². The van der Waals surface area contributed by atoms with E-state index in [1.54, 1.807) is 0 Å². The van der Waals surface area contributed by atoms with Crippen LogP contribution < -0.4 is 0 Å². The Labute approximate surface area is 82.3 Å². The van der Waals surface area contributed by atoms with Gasteiger partial charge in [0.05, 0.1) is 0 Å². The van der Waals surface area contributed by atoms with E-state index < -0.39 is 24.0 Å². The average molecular weight is 201 g/mol. The summed E-state index contributed by atoms with van der Waals surface area (Å²) in [5.41, 5.74) is 0. The fraction of sp³-hybridized carbons (Fsp3) is 0.778. The molecule has 2 atom stereocenters. The number of hydrogen-bond donors (Lipinski definition) is 2. The molecule has 5 heteroatoms. The quantitative estimate of drug-likeness (QED) is 0.682. The van der Waals surface area contributed by atoms with E-state index in [1.165, 1.54) is 4.90 Å². The topological polar surface area (TPSA) is 77.8 Å². The van der Waals surface area contributed by atoms with Gasteiger partial charge in [-0.25, -0.2) is 0 Å². The summed E-state index contributed by atoms with van der Waals surface area (Å²) in [6.07, 6.45) is 0.220. The Hall–Kier alpha value is -1.10. The lowest BCUT2D eigenvalue weighted by Crippen LogP contribution is -2.63. The number of hydrogen-bond acceptors (Lipinski definition) is 3. The van der Waals surface area contributed by atoms with Gasteiger partial charge in [0.1, 0.15) is 12.1 Å². The van der Waals surface area contributed by atoms with Crippen LogP contribution in [0.1, 0.15) is 20.3 Å². The molecule has 1 fully saturated rings. The van der Waals surface area contributed by atoms with Crippen molar-refractivity contribution in [3.05, 3.63) is 0 Å². The average Bonchev–Trinajstić information content (AvgIpc) is 1.96. The molecule has 2 N–H and O–H groups in total. The molecule has 1 heterocycles. The van der Waals surface area contributed by atoms with Crippen LogP contribution in [0.4, 0.5) is 0 Å². The van der Waals surface area contributed by atoms with Gasteiger partial charge < -0.3 is 10.2 Å². The first-order chi connectivity index (χ1) is 6.43. The smallest absolute Gasteiger partial charge is 0.321 e. The van der Waals surface area contributed by atoms with Crippen molar-refractivity contribution in [2.45, 2.75) is 32.4 Å². The molecule has 5 nitrogen and oxygen atoms in total. The molecule has 0 spiro atoms. The third kappa shape index (κ3) is 2.04. The highest BCUT2D eigenvalue weighted by Gasteiger charge is 2.46. The number of aliphatic carboxylic acids is 2. The first kappa shape index (κ1) is 11.0. The molecular formula is C9H15NO4. The lowest BCUT2D eigenvalue weighted by Gasteiger charge is -2.44. The Morgan fingerprint density at radius 2 is 1.71 bits per heavy atom. The molecule has 0 aromatic heterocycles. The van der Waals surface area contributed by atoms with Crippen molar-refractivity contribution in [1.29, 1.82) is 0 Å². The molecule has 14 heavy (non-hydrogen) atoms. The largest absolute Gasteiger partial charge is 0.480 e. The molecule has 80 valence electrons. The van der Waals surface area contributed by atoms with Crippen LogP contribution in [0.25, 0.3) is 0 Å². The van der Waals surface area contributed by atoms with Gasteiger partial charge >= 0.3 is 11.9 Å². The fourth-order valence-electron chi connectivity index (χ4n) is 1.72. The predicted octanol–water partition coefficient (Wildman–Crippen LogP) is 0.254. The summed E-state index contributed by atoms with van der Waals surface area (Å²) in [6.45, 7) is 4.40. The highest BCUT2D eigenvalue weighted by molar-refractivity contribution is 5.82. The van der Waals surface area contributed by atoms with Crippen molar-refractivity contribution in [3.63, 3.8) is 0 Å². The van der Waals surface area contributed by atoms with Gasteiger partial charge in [0.25, 0.3) is 0 Å².